The van der Waals surface area contributed by atoms with Crippen LogP contribution in [0.25, 0.3) is 0 Å². The minimum atomic E-state index is -0.419. The van der Waals surface area contributed by atoms with Gasteiger partial charge in [-0.25, -0.2) is 4.79 Å². The van der Waals surface area contributed by atoms with Crippen molar-refractivity contribution in [1.29, 1.82) is 0 Å². The molecule has 3 saturated carbocycles. The van der Waals surface area contributed by atoms with Crippen molar-refractivity contribution in [2.75, 3.05) is 33.9 Å². The van der Waals surface area contributed by atoms with Crippen molar-refractivity contribution in [3.63, 3.8) is 0 Å². The first-order valence-corrected chi connectivity index (χ1v) is 27.2. The number of alkyl carbamates (subject to hydrolysis) is 1. The maximum Gasteiger partial charge on any atom is 0.407 e. The van der Waals surface area contributed by atoms with Gasteiger partial charge in [-0.2, -0.15) is 0 Å². The first-order chi connectivity index (χ1) is 33.1. The number of methoxy groups -OCH3 is 2. The predicted molar refractivity (Wildman–Crippen MR) is 274 cm³/mol. The lowest BCUT2D eigenvalue weighted by Crippen LogP contribution is -2.50. The first-order valence-electron chi connectivity index (χ1n) is 27.2. The molecule has 10 atom stereocenters. The third-order valence-corrected chi connectivity index (χ3v) is 18.1. The molecule has 8 heteroatoms. The number of rotatable bonds is 23. The predicted octanol–water partition coefficient (Wildman–Crippen LogP) is 14.0. The fraction of sp³-hybridized carbons (Fsp3) is 0.650. The Hall–Kier alpha value is -3.85. The van der Waals surface area contributed by atoms with Crippen LogP contribution in [0.1, 0.15) is 178 Å². The Kier molecular flexibility index (Phi) is 17.7. The zero-order valence-electron chi connectivity index (χ0n) is 42.5. The van der Waals surface area contributed by atoms with E-state index >= 15 is 0 Å². The zero-order chi connectivity index (χ0) is 47.5. The van der Waals surface area contributed by atoms with Crippen LogP contribution in [0.5, 0.6) is 11.5 Å². The van der Waals surface area contributed by atoms with Crippen molar-refractivity contribution in [3.05, 3.63) is 107 Å². The van der Waals surface area contributed by atoms with Gasteiger partial charge in [0.1, 0.15) is 23.7 Å². The molecule has 1 saturated heterocycles. The van der Waals surface area contributed by atoms with Crippen LogP contribution >= 0.6 is 0 Å². The van der Waals surface area contributed by atoms with E-state index in [1.165, 1.54) is 77.0 Å². The number of hydrogen-bond acceptors (Lipinski definition) is 7. The molecule has 3 aromatic rings. The minimum absolute atomic E-state index is 0.00403. The van der Waals surface area contributed by atoms with Crippen molar-refractivity contribution < 1.29 is 28.8 Å². The molecule has 8 rings (SSSR count). The number of allylic oxidation sites excluding steroid dienone is 1. The Morgan fingerprint density at radius 2 is 1.44 bits per heavy atom. The Balaban J connectivity index is 0.787. The largest absolute Gasteiger partial charge is 0.497 e. The summed E-state index contributed by atoms with van der Waals surface area (Å²) in [5.41, 5.74) is 5.54. The zero-order valence-corrected chi connectivity index (χ0v) is 42.5. The van der Waals surface area contributed by atoms with Crippen molar-refractivity contribution in [2.24, 2.45) is 34.5 Å². The summed E-state index contributed by atoms with van der Waals surface area (Å²) in [6.45, 7) is 9.70. The van der Waals surface area contributed by atoms with Crippen LogP contribution in [0.2, 0.25) is 0 Å². The van der Waals surface area contributed by atoms with Gasteiger partial charge in [0.15, 0.2) is 0 Å². The van der Waals surface area contributed by atoms with Gasteiger partial charge in [-0.15, -0.1) is 0 Å². The van der Waals surface area contributed by atoms with Gasteiger partial charge in [0.2, 0.25) is 0 Å². The van der Waals surface area contributed by atoms with Gasteiger partial charge in [-0.3, -0.25) is 4.90 Å². The highest BCUT2D eigenvalue weighted by atomic mass is 16.6. The molecule has 0 bridgehead atoms. The average Bonchev–Trinajstić information content (AvgIpc) is 3.90. The van der Waals surface area contributed by atoms with E-state index in [4.69, 9.17) is 18.9 Å². The molecule has 4 fully saturated rings. The molecule has 1 heterocycles. The van der Waals surface area contributed by atoms with E-state index in [0.29, 0.717) is 24.9 Å². The van der Waals surface area contributed by atoms with Crippen LogP contribution in [-0.2, 0) is 9.47 Å². The lowest BCUT2D eigenvalue weighted by atomic mass is 9.47. The molecule has 10 unspecified atom stereocenters. The Morgan fingerprint density at radius 1 is 0.765 bits per heavy atom. The lowest BCUT2D eigenvalue weighted by Gasteiger charge is -2.58. The van der Waals surface area contributed by atoms with Crippen LogP contribution in [0.4, 0.5) is 4.79 Å². The highest BCUT2D eigenvalue weighted by molar-refractivity contribution is 5.67. The van der Waals surface area contributed by atoms with E-state index in [1.54, 1.807) is 19.8 Å². The number of β-amino-alcohol motifs (C(OH)–C–C–N with tert-alkyl or cyclic N) is 1. The number of fused-ring (bicyclic) bond motifs is 5. The number of nitrogens with zero attached hydrogens (tertiary/aromatic N) is 1. The number of benzene rings is 3. The van der Waals surface area contributed by atoms with Gasteiger partial charge in [0.05, 0.1) is 26.4 Å². The molecule has 1 amide bonds. The number of nitrogens with one attached hydrogen (secondary N) is 1. The van der Waals surface area contributed by atoms with E-state index < -0.39 is 6.10 Å². The smallest absolute Gasteiger partial charge is 0.407 e. The summed E-state index contributed by atoms with van der Waals surface area (Å²) in [7, 11) is 3.36. The molecule has 1 aliphatic heterocycles. The molecular weight excluding hydrogens is 845 g/mol. The summed E-state index contributed by atoms with van der Waals surface area (Å²) in [6, 6.07) is 26.7. The molecule has 4 aliphatic carbocycles. The normalized spacial score (nSPS) is 29.4. The van der Waals surface area contributed by atoms with Gasteiger partial charge in [-0.1, -0.05) is 138 Å². The fourth-order valence-electron chi connectivity index (χ4n) is 14.2. The van der Waals surface area contributed by atoms with Gasteiger partial charge in [0.25, 0.3) is 0 Å². The third-order valence-electron chi connectivity index (χ3n) is 18.1. The van der Waals surface area contributed by atoms with E-state index in [9.17, 15) is 9.90 Å². The summed E-state index contributed by atoms with van der Waals surface area (Å²) >= 11 is 0. The van der Waals surface area contributed by atoms with Gasteiger partial charge in [0, 0.05) is 25.6 Å². The minimum Gasteiger partial charge on any atom is -0.497 e. The van der Waals surface area contributed by atoms with Gasteiger partial charge >= 0.3 is 6.09 Å². The maximum atomic E-state index is 13.1. The van der Waals surface area contributed by atoms with Crippen molar-refractivity contribution in [3.8, 4) is 11.5 Å². The quantitative estimate of drug-likeness (QED) is 0.0723. The number of amides is 1. The number of ether oxygens (including phenoxy) is 4. The van der Waals surface area contributed by atoms with Crippen LogP contribution in [0.15, 0.2) is 90.5 Å². The summed E-state index contributed by atoms with van der Waals surface area (Å²) < 4.78 is 24.4. The number of carbonyl (C=O) groups is 1. The average molecular weight is 931 g/mol. The Bertz CT molecular complexity index is 1990. The van der Waals surface area contributed by atoms with E-state index in [1.807, 2.05) is 30.3 Å². The SMILES string of the molecule is CCCCCCCCC1CCC2C3CC=C4CC(OC(=O)NCCCCCCN5CC(O)CC5C(OC(c5ccc(OC)cc5)c5ccc(OC)cc5)c5ccccc5)CCC4(C)C3CCC12C. The maximum absolute atomic E-state index is 13.1. The fourth-order valence-corrected chi connectivity index (χ4v) is 14.2. The summed E-state index contributed by atoms with van der Waals surface area (Å²) in [6.07, 6.45) is 25.7. The topological polar surface area (TPSA) is 89.5 Å². The Morgan fingerprint density at radius 3 is 2.15 bits per heavy atom. The number of aliphatic hydroxyl groups excluding tert-OH is 1. The number of unbranched alkanes of at least 4 members (excludes halogenated alkanes) is 8. The summed E-state index contributed by atoms with van der Waals surface area (Å²) in [4.78, 5) is 15.6. The van der Waals surface area contributed by atoms with Crippen LogP contribution in [0.3, 0.4) is 0 Å². The number of carbonyl (C=O) groups excluding carboxylic acids is 1. The van der Waals surface area contributed by atoms with Gasteiger partial charge in [-0.05, 0) is 153 Å². The molecule has 8 nitrogen and oxygen atoms in total. The molecule has 5 aliphatic rings. The standard InChI is InChI=1S/C60H86N2O6/c1-6-7-8-9-10-16-21-46-27-33-53-52-32-26-47-40-51(34-36-60(47,3)54(52)35-37-59(46,53)2)67-58(64)61-38-17-11-12-18-39-62-42-48(63)41-55(62)57(43-19-14-13-15-20-43)68-56(44-22-28-49(65-4)29-23-44)45-24-30-50(66-5)31-25-45/h13-15,19-20,22-26,28-31,46,48,51-57,63H,6-12,16-18,21,27,32-42H2,1-5H3,(H,61,64). The highest BCUT2D eigenvalue weighted by Gasteiger charge is 2.58. The summed E-state index contributed by atoms with van der Waals surface area (Å²) in [5, 5.41) is 14.2. The van der Waals surface area contributed by atoms with Crippen molar-refractivity contribution >= 4 is 6.09 Å². The van der Waals surface area contributed by atoms with Gasteiger partial charge < -0.3 is 29.4 Å². The van der Waals surface area contributed by atoms with E-state index in [0.717, 1.165) is 103 Å². The monoisotopic (exact) mass is 931 g/mol. The highest BCUT2D eigenvalue weighted by Crippen LogP contribution is 2.67. The number of aliphatic hydroxyl groups is 1. The van der Waals surface area contributed by atoms with Crippen LogP contribution < -0.4 is 14.8 Å². The van der Waals surface area contributed by atoms with Crippen molar-refractivity contribution in [1.82, 2.24) is 10.2 Å². The second kappa shape index (κ2) is 23.8. The lowest BCUT2D eigenvalue weighted by molar-refractivity contribution is -0.0519. The van der Waals surface area contributed by atoms with E-state index in [2.05, 4.69) is 85.6 Å². The molecule has 0 radical (unpaired) electrons. The second-order valence-corrected chi connectivity index (χ2v) is 22.1. The first kappa shape index (κ1) is 50.5. The summed E-state index contributed by atoms with van der Waals surface area (Å²) in [5.74, 6) is 5.02. The molecule has 0 aromatic heterocycles. The number of likely N-dealkylation sites (tertiary alicyclic amines) is 1. The molecular formula is C60H86N2O6. The third kappa shape index (κ3) is 11.8. The molecule has 2 N–H and O–H groups in total. The van der Waals surface area contributed by atoms with Crippen LogP contribution in [-0.4, -0.2) is 68.2 Å². The Labute approximate surface area is 410 Å². The second-order valence-electron chi connectivity index (χ2n) is 22.1. The van der Waals surface area contributed by atoms with Crippen LogP contribution in [0, 0.1) is 34.5 Å². The molecule has 3 aromatic carbocycles. The van der Waals surface area contributed by atoms with Crippen molar-refractivity contribution in [2.45, 2.75) is 180 Å². The molecule has 0 spiro atoms. The molecule has 68 heavy (non-hydrogen) atoms. The molecule has 372 valence electrons. The van der Waals surface area contributed by atoms with E-state index in [-0.39, 0.29) is 35.9 Å². The number of hydrogen-bond donors (Lipinski definition) is 2.